The molecule has 0 aliphatic heterocycles. The van der Waals surface area contributed by atoms with Crippen LogP contribution >= 0.6 is 22.6 Å². The number of halogens is 1. The van der Waals surface area contributed by atoms with E-state index in [0.29, 0.717) is 19.4 Å². The van der Waals surface area contributed by atoms with E-state index in [1.807, 2.05) is 0 Å². The summed E-state index contributed by atoms with van der Waals surface area (Å²) in [5.74, 6) is -0.107. The van der Waals surface area contributed by atoms with Crippen molar-refractivity contribution in [3.63, 3.8) is 0 Å². The van der Waals surface area contributed by atoms with Crippen molar-refractivity contribution in [1.29, 1.82) is 0 Å². The zero-order chi connectivity index (χ0) is 13.8. The topological polar surface area (TPSA) is 95.9 Å². The Kier molecular flexibility index (Phi) is 4.24. The fourth-order valence-electron chi connectivity index (χ4n) is 1.51. The van der Waals surface area contributed by atoms with Crippen molar-refractivity contribution in [3.8, 4) is 0 Å². The van der Waals surface area contributed by atoms with Crippen LogP contribution in [0.25, 0.3) is 0 Å². The van der Waals surface area contributed by atoms with E-state index in [0.717, 1.165) is 3.57 Å². The number of hydrogen-bond acceptors (Lipinski definition) is 5. The second-order valence-electron chi connectivity index (χ2n) is 3.82. The first kappa shape index (κ1) is 13.6. The first-order chi connectivity index (χ1) is 9.06. The predicted molar refractivity (Wildman–Crippen MR) is 73.7 cm³/mol. The van der Waals surface area contributed by atoms with E-state index < -0.39 is 4.92 Å². The smallest absolute Gasteiger partial charge is 0.273 e. The Balaban J connectivity index is 1.83. The third kappa shape index (κ3) is 3.59. The largest absolute Gasteiger partial charge is 0.306 e. The highest BCUT2D eigenvalue weighted by Crippen LogP contribution is 2.09. The van der Waals surface area contributed by atoms with Crippen LogP contribution in [0.2, 0.25) is 0 Å². The zero-order valence-corrected chi connectivity index (χ0v) is 11.9. The molecule has 100 valence electrons. The van der Waals surface area contributed by atoms with Crippen LogP contribution in [0.5, 0.6) is 0 Å². The Morgan fingerprint density at radius 2 is 2.16 bits per heavy atom. The van der Waals surface area contributed by atoms with E-state index in [1.54, 1.807) is 12.4 Å². The van der Waals surface area contributed by atoms with Crippen molar-refractivity contribution < 1.29 is 9.72 Å². The minimum atomic E-state index is -0.500. The summed E-state index contributed by atoms with van der Waals surface area (Å²) in [6.45, 7) is 0.456. The van der Waals surface area contributed by atoms with Crippen molar-refractivity contribution in [3.05, 3.63) is 38.5 Å². The predicted octanol–water partition coefficient (Wildman–Crippen LogP) is 1.71. The van der Waals surface area contributed by atoms with E-state index >= 15 is 0 Å². The Bertz CT molecular complexity index is 606. The molecule has 0 aliphatic carbocycles. The SMILES string of the molecule is O=C(CCCn1cc([N+](=O)[O-])cn1)n1cc(I)cn1. The molecular formula is C10H10IN5O3. The summed E-state index contributed by atoms with van der Waals surface area (Å²) in [5, 5.41) is 18.2. The van der Waals surface area contributed by atoms with Gasteiger partial charge in [-0.3, -0.25) is 19.6 Å². The molecule has 0 aromatic carbocycles. The Labute approximate surface area is 121 Å². The molecule has 8 nitrogen and oxygen atoms in total. The van der Waals surface area contributed by atoms with E-state index in [2.05, 4.69) is 32.8 Å². The molecule has 9 heteroatoms. The van der Waals surface area contributed by atoms with Gasteiger partial charge in [0.05, 0.1) is 14.7 Å². The zero-order valence-electron chi connectivity index (χ0n) is 9.77. The Morgan fingerprint density at radius 3 is 2.74 bits per heavy atom. The van der Waals surface area contributed by atoms with E-state index in [9.17, 15) is 14.9 Å². The van der Waals surface area contributed by atoms with Crippen LogP contribution in [-0.4, -0.2) is 30.4 Å². The van der Waals surface area contributed by atoms with Crippen molar-refractivity contribution in [2.75, 3.05) is 0 Å². The van der Waals surface area contributed by atoms with Gasteiger partial charge in [-0.1, -0.05) is 0 Å². The molecule has 0 bridgehead atoms. The number of carbonyl (C=O) groups excluding carboxylic acids is 1. The third-order valence-corrected chi connectivity index (χ3v) is 2.97. The number of nitrogens with zero attached hydrogens (tertiary/aromatic N) is 5. The highest BCUT2D eigenvalue weighted by Gasteiger charge is 2.10. The molecule has 0 aliphatic rings. The van der Waals surface area contributed by atoms with E-state index in [-0.39, 0.29) is 11.6 Å². The second kappa shape index (κ2) is 5.91. The van der Waals surface area contributed by atoms with Crippen molar-refractivity contribution in [2.24, 2.45) is 0 Å². The fourth-order valence-corrected chi connectivity index (χ4v) is 1.90. The first-order valence-corrected chi connectivity index (χ1v) is 6.54. The first-order valence-electron chi connectivity index (χ1n) is 5.46. The maximum Gasteiger partial charge on any atom is 0.306 e. The minimum Gasteiger partial charge on any atom is -0.273 e. The van der Waals surface area contributed by atoms with Crippen LogP contribution in [0.4, 0.5) is 5.69 Å². The molecule has 0 N–H and O–H groups in total. The number of aryl methyl sites for hydroxylation is 1. The van der Waals surface area contributed by atoms with Gasteiger partial charge in [0.25, 0.3) is 0 Å². The summed E-state index contributed by atoms with van der Waals surface area (Å²) in [6.07, 6.45) is 6.66. The summed E-state index contributed by atoms with van der Waals surface area (Å²) in [4.78, 5) is 21.7. The van der Waals surface area contributed by atoms with E-state index in [4.69, 9.17) is 0 Å². The van der Waals surface area contributed by atoms with Gasteiger partial charge in [-0.25, -0.2) is 4.68 Å². The summed E-state index contributed by atoms with van der Waals surface area (Å²) in [6, 6.07) is 0. The van der Waals surface area contributed by atoms with Crippen molar-refractivity contribution in [1.82, 2.24) is 19.6 Å². The molecule has 0 atom stereocenters. The molecule has 0 saturated heterocycles. The summed E-state index contributed by atoms with van der Waals surface area (Å²) in [5.41, 5.74) is -0.0482. The second-order valence-corrected chi connectivity index (χ2v) is 5.06. The monoisotopic (exact) mass is 375 g/mol. The average Bonchev–Trinajstić information content (AvgIpc) is 2.98. The lowest BCUT2D eigenvalue weighted by Gasteiger charge is -2.01. The fraction of sp³-hybridized carbons (Fsp3) is 0.300. The van der Waals surface area contributed by atoms with Gasteiger partial charge in [-0.05, 0) is 29.0 Å². The van der Waals surface area contributed by atoms with E-state index in [1.165, 1.54) is 21.8 Å². The lowest BCUT2D eigenvalue weighted by molar-refractivity contribution is -0.385. The standard InChI is InChI=1S/C10H10IN5O3/c11-8-4-13-15(6-8)10(17)2-1-3-14-7-9(5-12-14)16(18)19/h4-7H,1-3H2. The molecule has 2 aromatic heterocycles. The number of nitro groups is 1. The van der Waals surface area contributed by atoms with Crippen LogP contribution in [0, 0.1) is 13.7 Å². The van der Waals surface area contributed by atoms with Gasteiger partial charge in [0, 0.05) is 19.2 Å². The molecular weight excluding hydrogens is 365 g/mol. The maximum absolute atomic E-state index is 11.7. The van der Waals surface area contributed by atoms with Crippen LogP contribution in [0.3, 0.4) is 0 Å². The third-order valence-electron chi connectivity index (χ3n) is 2.41. The minimum absolute atomic E-state index is 0.0482. The van der Waals surface area contributed by atoms with Crippen molar-refractivity contribution in [2.45, 2.75) is 19.4 Å². The summed E-state index contributed by atoms with van der Waals surface area (Å²) >= 11 is 2.08. The highest BCUT2D eigenvalue weighted by atomic mass is 127. The number of rotatable bonds is 5. The molecule has 2 aromatic rings. The molecule has 19 heavy (non-hydrogen) atoms. The lowest BCUT2D eigenvalue weighted by atomic mass is 10.3. The number of aromatic nitrogens is 4. The van der Waals surface area contributed by atoms with Crippen LogP contribution < -0.4 is 0 Å². The van der Waals surface area contributed by atoms with Gasteiger partial charge in [0.15, 0.2) is 0 Å². The van der Waals surface area contributed by atoms with Gasteiger partial charge in [0.1, 0.15) is 12.4 Å². The van der Waals surface area contributed by atoms with Gasteiger partial charge in [-0.15, -0.1) is 0 Å². The highest BCUT2D eigenvalue weighted by molar-refractivity contribution is 14.1. The van der Waals surface area contributed by atoms with Crippen LogP contribution in [0.1, 0.15) is 17.6 Å². The normalized spacial score (nSPS) is 10.6. The maximum atomic E-state index is 11.7. The molecule has 0 spiro atoms. The van der Waals surface area contributed by atoms with Crippen LogP contribution in [-0.2, 0) is 6.54 Å². The van der Waals surface area contributed by atoms with Crippen LogP contribution in [0.15, 0.2) is 24.8 Å². The molecule has 0 saturated carbocycles. The molecule has 0 amide bonds. The quantitative estimate of drug-likeness (QED) is 0.451. The average molecular weight is 375 g/mol. The van der Waals surface area contributed by atoms with Crippen molar-refractivity contribution >= 4 is 34.2 Å². The number of hydrogen-bond donors (Lipinski definition) is 0. The molecule has 2 heterocycles. The van der Waals surface area contributed by atoms with Gasteiger partial charge in [-0.2, -0.15) is 10.2 Å². The lowest BCUT2D eigenvalue weighted by Crippen LogP contribution is -2.12. The summed E-state index contributed by atoms with van der Waals surface area (Å²) < 4.78 is 3.65. The molecule has 0 unspecified atom stereocenters. The summed E-state index contributed by atoms with van der Waals surface area (Å²) in [7, 11) is 0. The van der Waals surface area contributed by atoms with Gasteiger partial charge >= 0.3 is 5.69 Å². The van der Waals surface area contributed by atoms with Gasteiger partial charge in [0.2, 0.25) is 5.91 Å². The molecule has 0 radical (unpaired) electrons. The molecule has 0 fully saturated rings. The number of carbonyl (C=O) groups is 1. The Hall–Kier alpha value is -1.78. The Morgan fingerprint density at radius 1 is 1.37 bits per heavy atom. The van der Waals surface area contributed by atoms with Gasteiger partial charge < -0.3 is 0 Å². The molecule has 2 rings (SSSR count).